The minimum Gasteiger partial charge on any atom is -0.307 e. The van der Waals surface area contributed by atoms with Crippen molar-refractivity contribution in [3.05, 3.63) is 46.0 Å². The number of hydrogen-bond donors (Lipinski definition) is 1. The molecule has 1 aromatic carbocycles. The number of nitrogens with zero attached hydrogens (tertiary/aromatic N) is 1. The fourth-order valence-electron chi connectivity index (χ4n) is 2.86. The normalized spacial score (nSPS) is 18.5. The number of hydrogen-bond acceptors (Lipinski definition) is 2. The number of rotatable bonds is 5. The first-order valence-electron chi connectivity index (χ1n) is 7.92. The Bertz CT molecular complexity index is 472. The molecule has 21 heavy (non-hydrogen) atoms. The van der Waals surface area contributed by atoms with Gasteiger partial charge in [0, 0.05) is 23.1 Å². The topological polar surface area (TPSA) is 15.3 Å². The van der Waals surface area contributed by atoms with Crippen molar-refractivity contribution in [1.82, 2.24) is 10.2 Å². The molecule has 0 saturated carbocycles. The third kappa shape index (κ3) is 5.24. The van der Waals surface area contributed by atoms with Gasteiger partial charge in [-0.05, 0) is 58.3 Å². The van der Waals surface area contributed by atoms with Crippen LogP contribution in [-0.2, 0) is 0 Å². The predicted octanol–water partition coefficient (Wildman–Crippen LogP) is 4.53. The molecule has 0 aromatic heterocycles. The molecule has 116 valence electrons. The Morgan fingerprint density at radius 3 is 2.62 bits per heavy atom. The summed E-state index contributed by atoms with van der Waals surface area (Å²) < 4.78 is 1.20. The lowest BCUT2D eigenvalue weighted by molar-refractivity contribution is 0.208. The zero-order chi connectivity index (χ0) is 15.2. The maximum atomic E-state index is 3.79. The van der Waals surface area contributed by atoms with Crippen LogP contribution in [0.5, 0.6) is 0 Å². The number of allylic oxidation sites excluding steroid dienone is 1. The van der Waals surface area contributed by atoms with E-state index in [-0.39, 0.29) is 0 Å². The van der Waals surface area contributed by atoms with Gasteiger partial charge in [0.05, 0.1) is 0 Å². The molecular weight excluding hydrogens is 324 g/mol. The van der Waals surface area contributed by atoms with Crippen molar-refractivity contribution >= 4 is 15.9 Å². The first-order chi connectivity index (χ1) is 10.1. The van der Waals surface area contributed by atoms with Gasteiger partial charge in [-0.2, -0.15) is 0 Å². The third-order valence-electron chi connectivity index (χ3n) is 4.20. The predicted molar refractivity (Wildman–Crippen MR) is 94.6 cm³/mol. The third-order valence-corrected chi connectivity index (χ3v) is 4.92. The van der Waals surface area contributed by atoms with E-state index in [2.05, 4.69) is 77.3 Å². The molecule has 3 heteroatoms. The Morgan fingerprint density at radius 2 is 2.00 bits per heavy atom. The summed E-state index contributed by atoms with van der Waals surface area (Å²) in [4.78, 5) is 2.55. The van der Waals surface area contributed by atoms with Crippen LogP contribution >= 0.6 is 15.9 Å². The lowest BCUT2D eigenvalue weighted by Crippen LogP contribution is -2.43. The van der Waals surface area contributed by atoms with E-state index in [0.29, 0.717) is 12.1 Å². The largest absolute Gasteiger partial charge is 0.307 e. The minimum absolute atomic E-state index is 0.398. The molecule has 0 amide bonds. The van der Waals surface area contributed by atoms with E-state index in [9.17, 15) is 0 Å². The van der Waals surface area contributed by atoms with E-state index in [1.807, 2.05) is 0 Å². The van der Waals surface area contributed by atoms with E-state index >= 15 is 0 Å². The van der Waals surface area contributed by atoms with E-state index in [1.54, 1.807) is 0 Å². The molecule has 0 radical (unpaired) electrons. The molecule has 2 rings (SSSR count). The highest BCUT2D eigenvalue weighted by atomic mass is 79.9. The van der Waals surface area contributed by atoms with Crippen LogP contribution in [0.2, 0.25) is 0 Å². The summed E-state index contributed by atoms with van der Waals surface area (Å²) in [5, 5.41) is 3.79. The molecule has 0 bridgehead atoms. The molecule has 1 fully saturated rings. The average molecular weight is 351 g/mol. The molecule has 0 unspecified atom stereocenters. The van der Waals surface area contributed by atoms with Crippen molar-refractivity contribution in [2.75, 3.05) is 19.6 Å². The maximum absolute atomic E-state index is 3.79. The quantitative estimate of drug-likeness (QED) is 0.784. The summed E-state index contributed by atoms with van der Waals surface area (Å²) in [6.07, 6.45) is 4.81. The van der Waals surface area contributed by atoms with Gasteiger partial charge < -0.3 is 5.32 Å². The van der Waals surface area contributed by atoms with E-state index < -0.39 is 0 Å². The number of halogens is 1. The van der Waals surface area contributed by atoms with Gasteiger partial charge in [0.1, 0.15) is 0 Å². The van der Waals surface area contributed by atoms with Crippen molar-refractivity contribution in [1.29, 1.82) is 0 Å². The second kappa shape index (κ2) is 8.11. The summed E-state index contributed by atoms with van der Waals surface area (Å²) in [5.74, 6) is 0. The Morgan fingerprint density at radius 1 is 1.33 bits per heavy atom. The van der Waals surface area contributed by atoms with Crippen LogP contribution in [0, 0.1) is 0 Å². The summed E-state index contributed by atoms with van der Waals surface area (Å²) >= 11 is 3.65. The van der Waals surface area contributed by atoms with E-state index in [0.717, 1.165) is 6.54 Å². The summed E-state index contributed by atoms with van der Waals surface area (Å²) in [6, 6.07) is 9.54. The zero-order valence-electron chi connectivity index (χ0n) is 13.4. The lowest BCUT2D eigenvalue weighted by Gasteiger charge is -2.33. The van der Waals surface area contributed by atoms with Gasteiger partial charge >= 0.3 is 0 Å². The van der Waals surface area contributed by atoms with Crippen molar-refractivity contribution in [3.63, 3.8) is 0 Å². The molecule has 1 saturated heterocycles. The summed E-state index contributed by atoms with van der Waals surface area (Å²) in [6.45, 7) is 10.1. The van der Waals surface area contributed by atoms with Gasteiger partial charge in [-0.15, -0.1) is 0 Å². The molecule has 1 aliphatic heterocycles. The summed E-state index contributed by atoms with van der Waals surface area (Å²) in [7, 11) is 0. The van der Waals surface area contributed by atoms with Crippen LogP contribution in [0.3, 0.4) is 0 Å². The zero-order valence-corrected chi connectivity index (χ0v) is 15.0. The highest BCUT2D eigenvalue weighted by Gasteiger charge is 2.20. The molecule has 1 aromatic rings. The van der Waals surface area contributed by atoms with Crippen LogP contribution < -0.4 is 5.32 Å². The Labute approximate surface area is 137 Å². The Hall–Kier alpha value is -0.640. The number of benzene rings is 1. The monoisotopic (exact) mass is 350 g/mol. The van der Waals surface area contributed by atoms with E-state index in [4.69, 9.17) is 0 Å². The van der Waals surface area contributed by atoms with E-state index in [1.165, 1.54) is 41.5 Å². The van der Waals surface area contributed by atoms with Crippen LogP contribution in [0.1, 0.15) is 45.2 Å². The number of nitrogens with one attached hydrogen (secondary N) is 1. The smallest absolute Gasteiger partial charge is 0.0305 e. The van der Waals surface area contributed by atoms with Gasteiger partial charge in [-0.3, -0.25) is 4.90 Å². The highest BCUT2D eigenvalue weighted by molar-refractivity contribution is 9.10. The Balaban J connectivity index is 1.81. The van der Waals surface area contributed by atoms with Gasteiger partial charge in [-0.1, -0.05) is 45.8 Å². The molecule has 1 N–H and O–H groups in total. The summed E-state index contributed by atoms with van der Waals surface area (Å²) in [5.41, 5.74) is 2.77. The van der Waals surface area contributed by atoms with Crippen molar-refractivity contribution in [2.24, 2.45) is 0 Å². The van der Waals surface area contributed by atoms with Crippen molar-refractivity contribution < 1.29 is 0 Å². The highest BCUT2D eigenvalue weighted by Crippen LogP contribution is 2.24. The molecule has 2 nitrogen and oxygen atoms in total. The van der Waals surface area contributed by atoms with Gasteiger partial charge in [0.15, 0.2) is 0 Å². The molecule has 1 heterocycles. The second-order valence-electron chi connectivity index (χ2n) is 6.27. The molecule has 1 atom stereocenters. The molecule has 0 aliphatic carbocycles. The molecule has 0 spiro atoms. The standard InChI is InChI=1S/C18H27BrN2/c1-14(2)8-11-21-12-9-16(10-13-21)20-15(3)17-6-4-5-7-18(17)19/h4-8,15-16,20H,9-13H2,1-3H3/t15-/m1/s1. The van der Waals surface area contributed by atoms with Crippen LogP contribution in [-0.4, -0.2) is 30.6 Å². The van der Waals surface area contributed by atoms with Crippen molar-refractivity contribution in [3.8, 4) is 0 Å². The van der Waals surface area contributed by atoms with Crippen molar-refractivity contribution in [2.45, 2.75) is 45.7 Å². The average Bonchev–Trinajstić information content (AvgIpc) is 2.47. The molecule has 1 aliphatic rings. The number of likely N-dealkylation sites (tertiary alicyclic amines) is 1. The van der Waals surface area contributed by atoms with Crippen LogP contribution in [0.25, 0.3) is 0 Å². The Kier molecular flexibility index (Phi) is 6.46. The van der Waals surface area contributed by atoms with Crippen LogP contribution in [0.15, 0.2) is 40.4 Å². The fourth-order valence-corrected chi connectivity index (χ4v) is 3.49. The van der Waals surface area contributed by atoms with Crippen LogP contribution in [0.4, 0.5) is 0 Å². The van der Waals surface area contributed by atoms with Gasteiger partial charge in [-0.25, -0.2) is 0 Å². The minimum atomic E-state index is 0.398. The maximum Gasteiger partial charge on any atom is 0.0305 e. The first kappa shape index (κ1) is 16.7. The fraction of sp³-hybridized carbons (Fsp3) is 0.556. The lowest BCUT2D eigenvalue weighted by atomic mass is 10.0. The molecular formula is C18H27BrN2. The second-order valence-corrected chi connectivity index (χ2v) is 7.12. The number of piperidine rings is 1. The van der Waals surface area contributed by atoms with Gasteiger partial charge in [0.2, 0.25) is 0 Å². The van der Waals surface area contributed by atoms with Gasteiger partial charge in [0.25, 0.3) is 0 Å². The first-order valence-corrected chi connectivity index (χ1v) is 8.71. The SMILES string of the molecule is CC(C)=CCN1CCC(N[C@H](C)c2ccccc2Br)CC1.